The Labute approximate surface area is 204 Å². The molecule has 7 nitrogen and oxygen atoms in total. The van der Waals surface area contributed by atoms with Gasteiger partial charge in [-0.1, -0.05) is 12.1 Å². The Morgan fingerprint density at radius 1 is 1.00 bits per heavy atom. The molecular formula is C26H29N3O4S. The van der Waals surface area contributed by atoms with Crippen LogP contribution in [0.4, 0.5) is 11.4 Å². The minimum atomic E-state index is 0.0832. The minimum absolute atomic E-state index is 0.0832. The van der Waals surface area contributed by atoms with Gasteiger partial charge in [0.15, 0.2) is 11.5 Å². The second-order valence-electron chi connectivity index (χ2n) is 8.35. The summed E-state index contributed by atoms with van der Waals surface area (Å²) in [6, 6.07) is 18.0. The lowest BCUT2D eigenvalue weighted by molar-refractivity contribution is -0.120. The van der Waals surface area contributed by atoms with E-state index in [1.54, 1.807) is 18.4 Å². The molecule has 178 valence electrons. The summed E-state index contributed by atoms with van der Waals surface area (Å²) in [4.78, 5) is 21.1. The topological polar surface area (TPSA) is 54.5 Å². The van der Waals surface area contributed by atoms with Crippen molar-refractivity contribution in [1.29, 1.82) is 0 Å². The molecule has 2 aliphatic rings. The van der Waals surface area contributed by atoms with Gasteiger partial charge in [0.1, 0.15) is 19.0 Å². The fourth-order valence-corrected chi connectivity index (χ4v) is 5.02. The van der Waals surface area contributed by atoms with Crippen LogP contribution in [0.1, 0.15) is 4.88 Å². The predicted octanol–water partition coefficient (Wildman–Crippen LogP) is 3.88. The van der Waals surface area contributed by atoms with Crippen LogP contribution in [0.2, 0.25) is 0 Å². The quantitative estimate of drug-likeness (QED) is 0.513. The van der Waals surface area contributed by atoms with Gasteiger partial charge in [-0.3, -0.25) is 9.69 Å². The van der Waals surface area contributed by atoms with Crippen LogP contribution in [-0.4, -0.2) is 63.9 Å². The molecule has 3 aromatic rings. The van der Waals surface area contributed by atoms with Crippen molar-refractivity contribution < 1.29 is 19.0 Å². The maximum Gasteiger partial charge on any atom is 0.241 e. The number of carbonyl (C=O) groups is 1. The first kappa shape index (κ1) is 22.6. The van der Waals surface area contributed by atoms with Crippen LogP contribution >= 0.6 is 11.3 Å². The van der Waals surface area contributed by atoms with E-state index in [-0.39, 0.29) is 5.91 Å². The number of anilines is 2. The molecule has 0 N–H and O–H groups in total. The van der Waals surface area contributed by atoms with Gasteiger partial charge in [-0.15, -0.1) is 11.3 Å². The number of fused-ring (bicyclic) bond motifs is 1. The maximum atomic E-state index is 13.5. The van der Waals surface area contributed by atoms with E-state index in [1.165, 1.54) is 0 Å². The van der Waals surface area contributed by atoms with Gasteiger partial charge >= 0.3 is 0 Å². The smallest absolute Gasteiger partial charge is 0.241 e. The first-order chi connectivity index (χ1) is 16.7. The van der Waals surface area contributed by atoms with Gasteiger partial charge in [0.05, 0.1) is 20.2 Å². The lowest BCUT2D eigenvalue weighted by Gasteiger charge is -2.36. The molecule has 2 aliphatic heterocycles. The molecule has 0 saturated carbocycles. The van der Waals surface area contributed by atoms with Crippen LogP contribution in [0.15, 0.2) is 60.0 Å². The van der Waals surface area contributed by atoms with Crippen LogP contribution < -0.4 is 24.0 Å². The van der Waals surface area contributed by atoms with E-state index in [9.17, 15) is 4.79 Å². The van der Waals surface area contributed by atoms with Crippen molar-refractivity contribution in [2.75, 3.05) is 62.8 Å². The summed E-state index contributed by atoms with van der Waals surface area (Å²) < 4.78 is 16.8. The van der Waals surface area contributed by atoms with Gasteiger partial charge < -0.3 is 24.0 Å². The third kappa shape index (κ3) is 5.13. The number of hydrogen-bond donors (Lipinski definition) is 0. The third-order valence-electron chi connectivity index (χ3n) is 6.18. The fraction of sp³-hybridized carbons (Fsp3) is 0.346. The van der Waals surface area contributed by atoms with Crippen LogP contribution in [0, 0.1) is 0 Å². The molecule has 1 saturated heterocycles. The van der Waals surface area contributed by atoms with E-state index in [0.29, 0.717) is 32.1 Å². The lowest BCUT2D eigenvalue weighted by atomic mass is 10.2. The van der Waals surface area contributed by atoms with Gasteiger partial charge in [-0.2, -0.15) is 0 Å². The van der Waals surface area contributed by atoms with Gasteiger partial charge in [-0.05, 0) is 35.7 Å². The number of benzene rings is 2. The Hall–Kier alpha value is -3.23. The summed E-state index contributed by atoms with van der Waals surface area (Å²) in [6.07, 6.45) is 0. The van der Waals surface area contributed by atoms with Crippen molar-refractivity contribution >= 4 is 28.6 Å². The molecular weight excluding hydrogens is 450 g/mol. The Bertz CT molecular complexity index is 1110. The van der Waals surface area contributed by atoms with E-state index < -0.39 is 0 Å². The van der Waals surface area contributed by atoms with E-state index in [2.05, 4.69) is 28.0 Å². The molecule has 0 bridgehead atoms. The number of nitrogens with zero attached hydrogens (tertiary/aromatic N) is 3. The second kappa shape index (κ2) is 10.4. The Morgan fingerprint density at radius 3 is 2.59 bits per heavy atom. The van der Waals surface area contributed by atoms with Crippen molar-refractivity contribution in [1.82, 2.24) is 4.90 Å². The zero-order chi connectivity index (χ0) is 23.3. The number of carbonyl (C=O) groups excluding carboxylic acids is 1. The molecule has 2 aromatic carbocycles. The first-order valence-corrected chi connectivity index (χ1v) is 12.4. The SMILES string of the molecule is COc1cccc(N2CCN(CC(=O)N(Cc3cccs3)c3ccc4c(c3)OCCO4)CC2)c1. The Balaban J connectivity index is 1.26. The number of ether oxygens (including phenoxy) is 3. The normalized spacial score (nSPS) is 15.7. The van der Waals surface area contributed by atoms with Crippen molar-refractivity contribution in [3.63, 3.8) is 0 Å². The highest BCUT2D eigenvalue weighted by Gasteiger charge is 2.25. The first-order valence-electron chi connectivity index (χ1n) is 11.5. The molecule has 1 amide bonds. The van der Waals surface area contributed by atoms with Crippen LogP contribution in [0.5, 0.6) is 17.2 Å². The monoisotopic (exact) mass is 479 g/mol. The molecule has 0 radical (unpaired) electrons. The molecule has 1 aromatic heterocycles. The third-order valence-corrected chi connectivity index (χ3v) is 7.04. The number of thiophene rings is 1. The molecule has 3 heterocycles. The molecule has 1 fully saturated rings. The summed E-state index contributed by atoms with van der Waals surface area (Å²) in [5.74, 6) is 2.37. The zero-order valence-corrected chi connectivity index (χ0v) is 20.1. The summed E-state index contributed by atoms with van der Waals surface area (Å²) in [5, 5.41) is 2.04. The Kier molecular flexibility index (Phi) is 6.87. The van der Waals surface area contributed by atoms with Crippen molar-refractivity contribution in [3.05, 3.63) is 64.9 Å². The molecule has 0 spiro atoms. The van der Waals surface area contributed by atoms with E-state index >= 15 is 0 Å². The second-order valence-corrected chi connectivity index (χ2v) is 9.38. The van der Waals surface area contributed by atoms with Gasteiger partial charge in [0.25, 0.3) is 0 Å². The number of hydrogen-bond acceptors (Lipinski definition) is 7. The molecule has 5 rings (SSSR count). The summed E-state index contributed by atoms with van der Waals surface area (Å²) in [6.45, 7) is 5.39. The predicted molar refractivity (Wildman–Crippen MR) is 135 cm³/mol. The van der Waals surface area contributed by atoms with Crippen LogP contribution in [0.3, 0.4) is 0 Å². The summed E-state index contributed by atoms with van der Waals surface area (Å²) >= 11 is 1.66. The van der Waals surface area contributed by atoms with E-state index in [0.717, 1.165) is 53.9 Å². The molecule has 0 atom stereocenters. The van der Waals surface area contributed by atoms with Crippen molar-refractivity contribution in [3.8, 4) is 17.2 Å². The fourth-order valence-electron chi connectivity index (χ4n) is 4.33. The van der Waals surface area contributed by atoms with Crippen molar-refractivity contribution in [2.24, 2.45) is 0 Å². The highest BCUT2D eigenvalue weighted by atomic mass is 32.1. The standard InChI is InChI=1S/C26H29N3O4S/c1-31-22-5-2-4-20(16-22)28-11-9-27(10-12-28)19-26(30)29(18-23-6-3-15-34-23)21-7-8-24-25(17-21)33-14-13-32-24/h2-8,15-17H,9-14,18-19H2,1H3. The van der Waals surface area contributed by atoms with E-state index in [4.69, 9.17) is 14.2 Å². The molecule has 34 heavy (non-hydrogen) atoms. The number of piperazine rings is 1. The van der Waals surface area contributed by atoms with Gasteiger partial charge in [0, 0.05) is 54.6 Å². The van der Waals surface area contributed by atoms with Crippen LogP contribution in [0.25, 0.3) is 0 Å². The van der Waals surface area contributed by atoms with Gasteiger partial charge in [0.2, 0.25) is 5.91 Å². The van der Waals surface area contributed by atoms with Crippen LogP contribution in [-0.2, 0) is 11.3 Å². The number of amides is 1. The van der Waals surface area contributed by atoms with Crippen molar-refractivity contribution in [2.45, 2.75) is 6.54 Å². The maximum absolute atomic E-state index is 13.5. The molecule has 8 heteroatoms. The largest absolute Gasteiger partial charge is 0.497 e. The minimum Gasteiger partial charge on any atom is -0.497 e. The summed E-state index contributed by atoms with van der Waals surface area (Å²) in [7, 11) is 1.69. The lowest BCUT2D eigenvalue weighted by Crippen LogP contribution is -2.50. The highest BCUT2D eigenvalue weighted by molar-refractivity contribution is 7.09. The summed E-state index contributed by atoms with van der Waals surface area (Å²) in [5.41, 5.74) is 1.98. The average Bonchev–Trinajstić information content (AvgIpc) is 3.41. The van der Waals surface area contributed by atoms with Gasteiger partial charge in [-0.25, -0.2) is 0 Å². The molecule has 0 unspecified atom stereocenters. The highest BCUT2D eigenvalue weighted by Crippen LogP contribution is 2.35. The molecule has 0 aliphatic carbocycles. The zero-order valence-electron chi connectivity index (χ0n) is 19.3. The number of methoxy groups -OCH3 is 1. The Morgan fingerprint density at radius 2 is 1.82 bits per heavy atom. The van der Waals surface area contributed by atoms with E-state index in [1.807, 2.05) is 46.7 Å². The average molecular weight is 480 g/mol. The number of rotatable bonds is 7.